The number of hydrogen-bond acceptors (Lipinski definition) is 4. The fourth-order valence-corrected chi connectivity index (χ4v) is 1.99. The van der Waals surface area contributed by atoms with Gasteiger partial charge < -0.3 is 4.74 Å². The van der Waals surface area contributed by atoms with Crippen molar-refractivity contribution in [3.8, 4) is 0 Å². The van der Waals surface area contributed by atoms with Gasteiger partial charge in [0, 0.05) is 23.6 Å². The lowest BCUT2D eigenvalue weighted by molar-refractivity contribution is -0.141. The molecule has 5 nitrogen and oxygen atoms in total. The van der Waals surface area contributed by atoms with Crippen molar-refractivity contribution in [2.24, 2.45) is 0 Å². The summed E-state index contributed by atoms with van der Waals surface area (Å²) in [6, 6.07) is 10.7. The van der Waals surface area contributed by atoms with Crippen LogP contribution in [0.15, 0.2) is 48.8 Å². The normalized spacial score (nSPS) is 10.1. The Labute approximate surface area is 129 Å². The van der Waals surface area contributed by atoms with Crippen LogP contribution in [-0.4, -0.2) is 30.0 Å². The van der Waals surface area contributed by atoms with E-state index in [9.17, 15) is 9.59 Å². The summed E-state index contributed by atoms with van der Waals surface area (Å²) >= 11 is 0. The van der Waals surface area contributed by atoms with Gasteiger partial charge in [-0.2, -0.15) is 0 Å². The molecule has 1 aromatic carbocycles. The van der Waals surface area contributed by atoms with Crippen molar-refractivity contribution in [1.82, 2.24) is 4.98 Å². The lowest BCUT2D eigenvalue weighted by atomic mass is 10.2. The van der Waals surface area contributed by atoms with Gasteiger partial charge in [-0.25, -0.2) is 0 Å². The molecule has 5 heteroatoms. The molecule has 0 spiro atoms. The number of aryl methyl sites for hydroxylation is 1. The van der Waals surface area contributed by atoms with Gasteiger partial charge in [0.2, 0.25) is 0 Å². The molecule has 0 bridgehead atoms. The molecule has 0 N–H and O–H groups in total. The molecular formula is C17H18N2O3. The maximum absolute atomic E-state index is 12.7. The zero-order valence-electron chi connectivity index (χ0n) is 12.7. The van der Waals surface area contributed by atoms with Crippen LogP contribution in [0.4, 0.5) is 5.69 Å². The van der Waals surface area contributed by atoms with Crippen molar-refractivity contribution in [1.29, 1.82) is 0 Å². The van der Waals surface area contributed by atoms with Crippen LogP contribution in [0.1, 0.15) is 22.8 Å². The van der Waals surface area contributed by atoms with Crippen molar-refractivity contribution in [2.75, 3.05) is 18.1 Å². The summed E-state index contributed by atoms with van der Waals surface area (Å²) in [6.07, 6.45) is 3.09. The highest BCUT2D eigenvalue weighted by atomic mass is 16.5. The molecule has 0 aliphatic rings. The summed E-state index contributed by atoms with van der Waals surface area (Å²) in [5.74, 6) is -0.704. The Hall–Kier alpha value is -2.69. The number of amides is 1. The van der Waals surface area contributed by atoms with Crippen molar-refractivity contribution in [3.63, 3.8) is 0 Å². The van der Waals surface area contributed by atoms with Crippen molar-refractivity contribution in [2.45, 2.75) is 13.8 Å². The number of hydrogen-bond donors (Lipinski definition) is 0. The van der Waals surface area contributed by atoms with Crippen LogP contribution in [0, 0.1) is 6.92 Å². The summed E-state index contributed by atoms with van der Waals surface area (Å²) in [5.41, 5.74) is 2.21. The summed E-state index contributed by atoms with van der Waals surface area (Å²) in [6.45, 7) is 3.85. The van der Waals surface area contributed by atoms with E-state index < -0.39 is 5.97 Å². The summed E-state index contributed by atoms with van der Waals surface area (Å²) in [5, 5.41) is 0. The first-order chi connectivity index (χ1) is 10.6. The maximum atomic E-state index is 12.7. The lowest BCUT2D eigenvalue weighted by Gasteiger charge is -2.22. The number of ether oxygens (including phenoxy) is 1. The number of aromatic nitrogens is 1. The fraction of sp³-hybridized carbons (Fsp3) is 0.235. The van der Waals surface area contributed by atoms with Crippen LogP contribution in [-0.2, 0) is 9.53 Å². The van der Waals surface area contributed by atoms with Crippen molar-refractivity contribution >= 4 is 17.6 Å². The average Bonchev–Trinajstić information content (AvgIpc) is 2.54. The Morgan fingerprint density at radius 2 is 1.73 bits per heavy atom. The molecule has 0 unspecified atom stereocenters. The van der Waals surface area contributed by atoms with Gasteiger partial charge in [-0.3, -0.25) is 19.5 Å². The van der Waals surface area contributed by atoms with Gasteiger partial charge in [0.25, 0.3) is 5.91 Å². The van der Waals surface area contributed by atoms with E-state index in [-0.39, 0.29) is 19.1 Å². The number of carbonyl (C=O) groups is 2. The molecular weight excluding hydrogens is 280 g/mol. The predicted molar refractivity (Wildman–Crippen MR) is 83.7 cm³/mol. The summed E-state index contributed by atoms with van der Waals surface area (Å²) in [7, 11) is 0. The highest BCUT2D eigenvalue weighted by molar-refractivity contribution is 6.08. The third-order valence-corrected chi connectivity index (χ3v) is 3.11. The monoisotopic (exact) mass is 298 g/mol. The smallest absolute Gasteiger partial charge is 0.326 e. The van der Waals surface area contributed by atoms with Crippen LogP contribution in [0.3, 0.4) is 0 Å². The lowest BCUT2D eigenvalue weighted by Crippen LogP contribution is -2.36. The topological polar surface area (TPSA) is 59.5 Å². The van der Waals surface area contributed by atoms with E-state index in [1.165, 1.54) is 4.90 Å². The van der Waals surface area contributed by atoms with Crippen LogP contribution >= 0.6 is 0 Å². The third-order valence-electron chi connectivity index (χ3n) is 3.11. The van der Waals surface area contributed by atoms with Gasteiger partial charge in [-0.15, -0.1) is 0 Å². The van der Waals surface area contributed by atoms with Gasteiger partial charge in [-0.1, -0.05) is 17.7 Å². The fourth-order valence-electron chi connectivity index (χ4n) is 1.99. The maximum Gasteiger partial charge on any atom is 0.326 e. The molecule has 114 valence electrons. The van der Waals surface area contributed by atoms with Crippen LogP contribution in [0.25, 0.3) is 0 Å². The van der Waals surface area contributed by atoms with E-state index in [2.05, 4.69) is 4.98 Å². The first-order valence-electron chi connectivity index (χ1n) is 7.06. The summed E-state index contributed by atoms with van der Waals surface area (Å²) < 4.78 is 4.96. The molecule has 22 heavy (non-hydrogen) atoms. The third kappa shape index (κ3) is 3.91. The number of pyridine rings is 1. The molecule has 1 aromatic heterocycles. The molecule has 1 amide bonds. The highest BCUT2D eigenvalue weighted by Crippen LogP contribution is 2.18. The first-order valence-corrected chi connectivity index (χ1v) is 7.06. The second-order valence-corrected chi connectivity index (χ2v) is 4.77. The van der Waals surface area contributed by atoms with E-state index in [4.69, 9.17) is 4.74 Å². The predicted octanol–water partition coefficient (Wildman–Crippen LogP) is 2.60. The average molecular weight is 298 g/mol. The standard InChI is InChI=1S/C17H18N2O3/c1-3-22-16(20)12-19(15-6-4-13(2)5-7-15)17(21)14-8-10-18-11-9-14/h4-11H,3,12H2,1-2H3. The molecule has 0 fully saturated rings. The van der Waals surface area contributed by atoms with Crippen molar-refractivity contribution < 1.29 is 14.3 Å². The molecule has 2 rings (SSSR count). The molecule has 0 atom stereocenters. The van der Waals surface area contributed by atoms with Gasteiger partial charge in [0.05, 0.1) is 6.61 Å². The quantitative estimate of drug-likeness (QED) is 0.796. The molecule has 0 saturated carbocycles. The first kappa shape index (κ1) is 15.7. The minimum Gasteiger partial charge on any atom is -0.465 e. The molecule has 1 heterocycles. The molecule has 0 saturated heterocycles. The number of esters is 1. The minimum atomic E-state index is -0.439. The van der Waals surface area contributed by atoms with E-state index in [0.29, 0.717) is 11.3 Å². The largest absolute Gasteiger partial charge is 0.465 e. The molecule has 0 aliphatic carbocycles. The Kier molecular flexibility index (Phi) is 5.25. The van der Waals surface area contributed by atoms with E-state index >= 15 is 0 Å². The van der Waals surface area contributed by atoms with Gasteiger partial charge in [-0.05, 0) is 38.1 Å². The minimum absolute atomic E-state index is 0.127. The van der Waals surface area contributed by atoms with E-state index in [1.54, 1.807) is 31.5 Å². The Balaban J connectivity index is 2.30. The van der Waals surface area contributed by atoms with Gasteiger partial charge >= 0.3 is 5.97 Å². The number of rotatable bonds is 5. The van der Waals surface area contributed by atoms with Crippen LogP contribution in [0.5, 0.6) is 0 Å². The zero-order valence-corrected chi connectivity index (χ0v) is 12.7. The number of benzene rings is 1. The second-order valence-electron chi connectivity index (χ2n) is 4.77. The molecule has 0 aliphatic heterocycles. The molecule has 2 aromatic rings. The van der Waals surface area contributed by atoms with E-state index in [0.717, 1.165) is 5.56 Å². The van der Waals surface area contributed by atoms with Crippen LogP contribution in [0.2, 0.25) is 0 Å². The Morgan fingerprint density at radius 3 is 2.32 bits per heavy atom. The molecule has 0 radical (unpaired) electrons. The number of anilines is 1. The van der Waals surface area contributed by atoms with Crippen molar-refractivity contribution in [3.05, 3.63) is 59.9 Å². The zero-order chi connectivity index (χ0) is 15.9. The summed E-state index contributed by atoms with van der Waals surface area (Å²) in [4.78, 5) is 29.8. The Bertz CT molecular complexity index is 639. The number of carbonyl (C=O) groups excluding carboxylic acids is 2. The number of nitrogens with zero attached hydrogens (tertiary/aromatic N) is 2. The van der Waals surface area contributed by atoms with Gasteiger partial charge in [0.15, 0.2) is 0 Å². The SMILES string of the molecule is CCOC(=O)CN(C(=O)c1ccncc1)c1ccc(C)cc1. The Morgan fingerprint density at radius 1 is 1.09 bits per heavy atom. The van der Waals surface area contributed by atoms with Gasteiger partial charge in [0.1, 0.15) is 6.54 Å². The van der Waals surface area contributed by atoms with E-state index in [1.807, 2.05) is 31.2 Å². The van der Waals surface area contributed by atoms with Crippen LogP contribution < -0.4 is 4.90 Å². The second kappa shape index (κ2) is 7.36. The highest BCUT2D eigenvalue weighted by Gasteiger charge is 2.21.